The molecule has 3 N–H and O–H groups in total. The van der Waals surface area contributed by atoms with Gasteiger partial charge >= 0.3 is 5.97 Å². The van der Waals surface area contributed by atoms with E-state index in [4.69, 9.17) is 15.9 Å². The predicted molar refractivity (Wildman–Crippen MR) is 89.1 cm³/mol. The lowest BCUT2D eigenvalue weighted by Gasteiger charge is -2.22. The number of carbonyl (C=O) groups is 3. The summed E-state index contributed by atoms with van der Waals surface area (Å²) in [4.78, 5) is 36.1. The molecule has 0 aromatic rings. The molecule has 1 aliphatic rings. The Morgan fingerprint density at radius 1 is 1.28 bits per heavy atom. The number of hydrogen-bond acceptors (Lipinski definition) is 6. The van der Waals surface area contributed by atoms with Crippen molar-refractivity contribution >= 4 is 17.8 Å². The SMILES string of the molecule is C#CC[C@@H](CO)NC(=O)[C@H](CC(C)C)NC(=O)[C@H]1O[C@@H]1C(=O)OCC. The Morgan fingerprint density at radius 3 is 2.48 bits per heavy atom. The summed E-state index contributed by atoms with van der Waals surface area (Å²) in [6, 6.07) is -1.39. The van der Waals surface area contributed by atoms with Crippen LogP contribution in [-0.4, -0.2) is 60.4 Å². The van der Waals surface area contributed by atoms with Gasteiger partial charge in [-0.2, -0.15) is 0 Å². The van der Waals surface area contributed by atoms with Crippen LogP contribution in [0.15, 0.2) is 0 Å². The second-order valence-corrected chi connectivity index (χ2v) is 6.22. The van der Waals surface area contributed by atoms with Crippen LogP contribution in [0.25, 0.3) is 0 Å². The molecule has 0 aliphatic carbocycles. The Kier molecular flexibility index (Phi) is 8.38. The number of aliphatic hydroxyl groups is 1. The second kappa shape index (κ2) is 10.0. The van der Waals surface area contributed by atoms with Gasteiger partial charge in [0.25, 0.3) is 5.91 Å². The minimum absolute atomic E-state index is 0.136. The highest BCUT2D eigenvalue weighted by molar-refractivity contribution is 5.95. The van der Waals surface area contributed by atoms with Gasteiger partial charge in [-0.15, -0.1) is 12.3 Å². The summed E-state index contributed by atoms with van der Waals surface area (Å²) in [5.74, 6) is 0.925. The molecule has 0 bridgehead atoms. The highest BCUT2D eigenvalue weighted by Gasteiger charge is 2.52. The van der Waals surface area contributed by atoms with Crippen LogP contribution in [0.3, 0.4) is 0 Å². The van der Waals surface area contributed by atoms with Crippen LogP contribution in [0.5, 0.6) is 0 Å². The highest BCUT2D eigenvalue weighted by atomic mass is 16.6. The van der Waals surface area contributed by atoms with E-state index in [0.717, 1.165) is 0 Å². The minimum Gasteiger partial charge on any atom is -0.464 e. The second-order valence-electron chi connectivity index (χ2n) is 6.22. The van der Waals surface area contributed by atoms with E-state index in [9.17, 15) is 19.5 Å². The van der Waals surface area contributed by atoms with Gasteiger partial charge in [-0.1, -0.05) is 13.8 Å². The van der Waals surface area contributed by atoms with E-state index < -0.39 is 42.1 Å². The van der Waals surface area contributed by atoms with Crippen LogP contribution in [-0.2, 0) is 23.9 Å². The van der Waals surface area contributed by atoms with Crippen molar-refractivity contribution in [1.29, 1.82) is 0 Å². The molecule has 0 saturated carbocycles. The fraction of sp³-hybridized carbons (Fsp3) is 0.706. The molecule has 2 amide bonds. The van der Waals surface area contributed by atoms with Crippen LogP contribution < -0.4 is 10.6 Å². The van der Waals surface area contributed by atoms with Gasteiger partial charge in [0, 0.05) is 6.42 Å². The number of nitrogens with one attached hydrogen (secondary N) is 2. The maximum absolute atomic E-state index is 12.4. The number of aliphatic hydroxyl groups excluding tert-OH is 1. The Balaban J connectivity index is 2.64. The largest absolute Gasteiger partial charge is 0.464 e. The van der Waals surface area contributed by atoms with Crippen LogP contribution in [0.1, 0.15) is 33.6 Å². The number of ether oxygens (including phenoxy) is 2. The molecule has 1 fully saturated rings. The lowest BCUT2D eigenvalue weighted by Crippen LogP contribution is -2.52. The molecule has 0 unspecified atom stereocenters. The van der Waals surface area contributed by atoms with Crippen LogP contribution in [0.4, 0.5) is 0 Å². The number of hydrogen-bond donors (Lipinski definition) is 3. The lowest BCUT2D eigenvalue weighted by atomic mass is 10.0. The van der Waals surface area contributed by atoms with E-state index >= 15 is 0 Å². The average Bonchev–Trinajstić information content (AvgIpc) is 3.34. The topological polar surface area (TPSA) is 117 Å². The van der Waals surface area contributed by atoms with Crippen molar-refractivity contribution in [1.82, 2.24) is 10.6 Å². The normalized spacial score (nSPS) is 21.0. The number of esters is 1. The van der Waals surface area contributed by atoms with Crippen molar-refractivity contribution in [2.45, 2.75) is 57.9 Å². The minimum atomic E-state index is -0.944. The van der Waals surface area contributed by atoms with Gasteiger partial charge in [0.05, 0.1) is 19.3 Å². The third-order valence-corrected chi connectivity index (χ3v) is 3.54. The lowest BCUT2D eigenvalue weighted by molar-refractivity contribution is -0.144. The summed E-state index contributed by atoms with van der Waals surface area (Å²) >= 11 is 0. The zero-order valence-corrected chi connectivity index (χ0v) is 14.8. The van der Waals surface area contributed by atoms with Gasteiger partial charge < -0.3 is 25.2 Å². The molecule has 0 spiro atoms. The van der Waals surface area contributed by atoms with Crippen LogP contribution >= 0.6 is 0 Å². The molecular formula is C17H26N2O6. The summed E-state index contributed by atoms with van der Waals surface area (Å²) in [5.41, 5.74) is 0. The van der Waals surface area contributed by atoms with Crippen molar-refractivity contribution in [3.8, 4) is 12.3 Å². The van der Waals surface area contributed by atoms with Crippen molar-refractivity contribution in [3.63, 3.8) is 0 Å². The fourth-order valence-corrected chi connectivity index (χ4v) is 2.28. The Hall–Kier alpha value is -2.11. The molecule has 1 rings (SSSR count). The van der Waals surface area contributed by atoms with Gasteiger partial charge in [0.1, 0.15) is 6.04 Å². The Bertz CT molecular complexity index is 528. The summed E-state index contributed by atoms with van der Waals surface area (Å²) in [6.07, 6.45) is 3.90. The van der Waals surface area contributed by atoms with Crippen LogP contribution in [0.2, 0.25) is 0 Å². The van der Waals surface area contributed by atoms with E-state index in [0.29, 0.717) is 6.42 Å². The van der Waals surface area contributed by atoms with Crippen molar-refractivity contribution < 1.29 is 29.0 Å². The van der Waals surface area contributed by atoms with E-state index in [1.165, 1.54) is 0 Å². The molecule has 140 valence electrons. The summed E-state index contributed by atoms with van der Waals surface area (Å²) in [5, 5.41) is 14.4. The molecule has 1 aliphatic heterocycles. The van der Waals surface area contributed by atoms with Crippen molar-refractivity contribution in [3.05, 3.63) is 0 Å². The number of epoxide rings is 1. The van der Waals surface area contributed by atoms with Gasteiger partial charge in [-0.25, -0.2) is 4.79 Å². The molecule has 25 heavy (non-hydrogen) atoms. The van der Waals surface area contributed by atoms with Gasteiger partial charge in [0.2, 0.25) is 5.91 Å². The molecule has 0 radical (unpaired) electrons. The van der Waals surface area contributed by atoms with Gasteiger partial charge in [-0.05, 0) is 19.3 Å². The molecule has 8 nitrogen and oxygen atoms in total. The fourth-order valence-electron chi connectivity index (χ4n) is 2.28. The zero-order chi connectivity index (χ0) is 19.0. The number of terminal acetylenes is 1. The van der Waals surface area contributed by atoms with Crippen LogP contribution in [0, 0.1) is 18.3 Å². The Morgan fingerprint density at radius 2 is 1.96 bits per heavy atom. The maximum atomic E-state index is 12.4. The highest BCUT2D eigenvalue weighted by Crippen LogP contribution is 2.24. The summed E-state index contributed by atoms with van der Waals surface area (Å²) in [6.45, 7) is 5.38. The first-order valence-electron chi connectivity index (χ1n) is 8.31. The molecular weight excluding hydrogens is 328 g/mol. The summed E-state index contributed by atoms with van der Waals surface area (Å²) in [7, 11) is 0. The molecule has 4 atom stereocenters. The summed E-state index contributed by atoms with van der Waals surface area (Å²) < 4.78 is 9.82. The molecule has 0 aromatic heterocycles. The third-order valence-electron chi connectivity index (χ3n) is 3.54. The van der Waals surface area contributed by atoms with E-state index in [2.05, 4.69) is 16.6 Å². The standard InChI is InChI=1S/C17H26N2O6/c1-5-7-11(9-20)18-15(21)12(8-10(3)4)19-16(22)13-14(25-13)17(23)24-6-2/h1,10-14,20H,6-9H2,2-4H3,(H,18,21)(H,19,22)/t11-,12-,13-,14-/m0/s1. The predicted octanol–water partition coefficient (Wildman–Crippen LogP) is -0.652. The first-order chi connectivity index (χ1) is 11.8. The molecule has 1 saturated heterocycles. The quantitative estimate of drug-likeness (QED) is 0.273. The van der Waals surface area contributed by atoms with E-state index in [-0.39, 0.29) is 25.6 Å². The average molecular weight is 354 g/mol. The monoisotopic (exact) mass is 354 g/mol. The molecule has 8 heteroatoms. The van der Waals surface area contributed by atoms with E-state index in [1.54, 1.807) is 6.92 Å². The third kappa shape index (κ3) is 6.72. The first-order valence-corrected chi connectivity index (χ1v) is 8.31. The van der Waals surface area contributed by atoms with Crippen molar-refractivity contribution in [2.24, 2.45) is 5.92 Å². The molecule has 1 heterocycles. The van der Waals surface area contributed by atoms with Gasteiger partial charge in [-0.3, -0.25) is 9.59 Å². The van der Waals surface area contributed by atoms with Gasteiger partial charge in [0.15, 0.2) is 12.2 Å². The Labute approximate surface area is 147 Å². The smallest absolute Gasteiger partial charge is 0.338 e. The van der Waals surface area contributed by atoms with E-state index in [1.807, 2.05) is 13.8 Å². The zero-order valence-electron chi connectivity index (χ0n) is 14.8. The van der Waals surface area contributed by atoms with Crippen molar-refractivity contribution in [2.75, 3.05) is 13.2 Å². The molecule has 0 aromatic carbocycles. The number of rotatable bonds is 10. The number of amides is 2. The maximum Gasteiger partial charge on any atom is 0.338 e. The number of carbonyl (C=O) groups excluding carboxylic acids is 3. The first kappa shape index (κ1) is 20.9.